The SMILES string of the molecule is COc1ccc([N+](=O)[O-])c(CC(Cl)C2CC2)c1. The van der Waals surface area contributed by atoms with Crippen molar-refractivity contribution in [3.63, 3.8) is 0 Å². The monoisotopic (exact) mass is 255 g/mol. The highest BCUT2D eigenvalue weighted by Crippen LogP contribution is 2.38. The fourth-order valence-corrected chi connectivity index (χ4v) is 2.28. The maximum Gasteiger partial charge on any atom is 0.272 e. The highest BCUT2D eigenvalue weighted by molar-refractivity contribution is 6.21. The van der Waals surface area contributed by atoms with Crippen LogP contribution in [0.15, 0.2) is 18.2 Å². The number of nitro benzene ring substituents is 1. The van der Waals surface area contributed by atoms with Crippen molar-refractivity contribution < 1.29 is 9.66 Å². The van der Waals surface area contributed by atoms with Gasteiger partial charge in [0.2, 0.25) is 0 Å². The Morgan fingerprint density at radius 2 is 2.29 bits per heavy atom. The summed E-state index contributed by atoms with van der Waals surface area (Å²) in [5.74, 6) is 1.15. The molecule has 0 heterocycles. The van der Waals surface area contributed by atoms with Gasteiger partial charge in [-0.05, 0) is 37.3 Å². The zero-order valence-electron chi connectivity index (χ0n) is 9.56. The van der Waals surface area contributed by atoms with Gasteiger partial charge in [0.05, 0.1) is 12.0 Å². The van der Waals surface area contributed by atoms with Gasteiger partial charge in [-0.3, -0.25) is 10.1 Å². The minimum Gasteiger partial charge on any atom is -0.497 e. The van der Waals surface area contributed by atoms with Crippen molar-refractivity contribution in [2.75, 3.05) is 7.11 Å². The highest BCUT2D eigenvalue weighted by Gasteiger charge is 2.31. The lowest BCUT2D eigenvalue weighted by Crippen LogP contribution is -2.08. The van der Waals surface area contributed by atoms with Gasteiger partial charge in [-0.2, -0.15) is 0 Å². The van der Waals surface area contributed by atoms with E-state index in [-0.39, 0.29) is 16.0 Å². The summed E-state index contributed by atoms with van der Waals surface area (Å²) in [6.45, 7) is 0. The van der Waals surface area contributed by atoms with E-state index >= 15 is 0 Å². The Labute approximate surface area is 105 Å². The third-order valence-corrected chi connectivity index (χ3v) is 3.54. The van der Waals surface area contributed by atoms with E-state index in [1.54, 1.807) is 19.2 Å². The molecule has 1 atom stereocenters. The smallest absolute Gasteiger partial charge is 0.272 e. The van der Waals surface area contributed by atoms with Crippen LogP contribution >= 0.6 is 11.6 Å². The minimum atomic E-state index is -0.370. The molecule has 1 aromatic carbocycles. The van der Waals surface area contributed by atoms with Crippen LogP contribution < -0.4 is 4.74 Å². The van der Waals surface area contributed by atoms with Crippen LogP contribution in [0.3, 0.4) is 0 Å². The van der Waals surface area contributed by atoms with Crippen molar-refractivity contribution in [3.8, 4) is 5.75 Å². The first kappa shape index (κ1) is 12.2. The molecule has 1 aromatic rings. The molecule has 0 saturated heterocycles. The van der Waals surface area contributed by atoms with Crippen molar-refractivity contribution >= 4 is 17.3 Å². The fourth-order valence-electron chi connectivity index (χ4n) is 1.87. The average molecular weight is 256 g/mol. The Morgan fingerprint density at radius 1 is 1.59 bits per heavy atom. The highest BCUT2D eigenvalue weighted by atomic mass is 35.5. The fraction of sp³-hybridized carbons (Fsp3) is 0.500. The second kappa shape index (κ2) is 4.92. The maximum atomic E-state index is 10.9. The summed E-state index contributed by atoms with van der Waals surface area (Å²) < 4.78 is 5.08. The third-order valence-electron chi connectivity index (χ3n) is 3.03. The molecule has 1 aliphatic carbocycles. The van der Waals surface area contributed by atoms with Crippen molar-refractivity contribution in [2.45, 2.75) is 24.6 Å². The summed E-state index contributed by atoms with van der Waals surface area (Å²) in [5.41, 5.74) is 0.776. The van der Waals surface area contributed by atoms with Crippen LogP contribution in [0.2, 0.25) is 0 Å². The summed E-state index contributed by atoms with van der Waals surface area (Å²) >= 11 is 6.22. The summed E-state index contributed by atoms with van der Waals surface area (Å²) in [6.07, 6.45) is 2.79. The summed E-state index contributed by atoms with van der Waals surface area (Å²) in [7, 11) is 1.55. The van der Waals surface area contributed by atoms with Crippen LogP contribution in [0, 0.1) is 16.0 Å². The molecule has 0 amide bonds. The summed E-state index contributed by atoms with van der Waals surface area (Å²) in [5, 5.41) is 10.9. The lowest BCUT2D eigenvalue weighted by molar-refractivity contribution is -0.385. The van der Waals surface area contributed by atoms with Gasteiger partial charge in [-0.1, -0.05) is 0 Å². The number of alkyl halides is 1. The molecule has 1 aliphatic rings. The first-order valence-electron chi connectivity index (χ1n) is 5.57. The van der Waals surface area contributed by atoms with Crippen molar-refractivity contribution in [2.24, 2.45) is 5.92 Å². The van der Waals surface area contributed by atoms with Crippen LogP contribution in [0.1, 0.15) is 18.4 Å². The van der Waals surface area contributed by atoms with Gasteiger partial charge in [0.15, 0.2) is 0 Å². The van der Waals surface area contributed by atoms with Crippen molar-refractivity contribution in [3.05, 3.63) is 33.9 Å². The molecule has 2 rings (SSSR count). The number of rotatable bonds is 5. The normalized spacial score (nSPS) is 16.6. The Balaban J connectivity index is 2.23. The van der Waals surface area contributed by atoms with E-state index in [2.05, 4.69) is 0 Å². The summed E-state index contributed by atoms with van der Waals surface area (Å²) in [4.78, 5) is 10.5. The topological polar surface area (TPSA) is 52.4 Å². The van der Waals surface area contributed by atoms with E-state index in [0.717, 1.165) is 12.8 Å². The molecule has 0 spiro atoms. The Kier molecular flexibility index (Phi) is 3.52. The standard InChI is InChI=1S/C12H14ClNO3/c1-17-10-4-5-12(14(15)16)9(6-10)7-11(13)8-2-3-8/h4-6,8,11H,2-3,7H2,1H3. The predicted molar refractivity (Wildman–Crippen MR) is 65.7 cm³/mol. The number of hydrogen-bond acceptors (Lipinski definition) is 3. The van der Waals surface area contributed by atoms with Crippen molar-refractivity contribution in [1.82, 2.24) is 0 Å². The molecule has 5 heteroatoms. The largest absolute Gasteiger partial charge is 0.497 e. The van der Waals surface area contributed by atoms with Gasteiger partial charge >= 0.3 is 0 Å². The first-order chi connectivity index (χ1) is 8.11. The molecule has 0 bridgehead atoms. The molecule has 17 heavy (non-hydrogen) atoms. The molecule has 0 aliphatic heterocycles. The van der Waals surface area contributed by atoms with E-state index < -0.39 is 0 Å². The Hall–Kier alpha value is -1.29. The van der Waals surface area contributed by atoms with Gasteiger partial charge in [-0.25, -0.2) is 0 Å². The lowest BCUT2D eigenvalue weighted by Gasteiger charge is -2.09. The second-order valence-electron chi connectivity index (χ2n) is 4.31. The Bertz CT molecular complexity index is 432. The second-order valence-corrected chi connectivity index (χ2v) is 4.87. The van der Waals surface area contributed by atoms with E-state index in [1.165, 1.54) is 6.07 Å². The number of nitrogens with zero attached hydrogens (tertiary/aromatic N) is 1. The minimum absolute atomic E-state index is 0.0131. The Morgan fingerprint density at radius 3 is 2.82 bits per heavy atom. The van der Waals surface area contributed by atoms with E-state index in [4.69, 9.17) is 16.3 Å². The molecule has 1 fully saturated rings. The number of hydrogen-bond donors (Lipinski definition) is 0. The number of nitro groups is 1. The van der Waals surface area contributed by atoms with E-state index in [0.29, 0.717) is 23.7 Å². The molecule has 0 N–H and O–H groups in total. The summed E-state index contributed by atoms with van der Waals surface area (Å²) in [6, 6.07) is 4.78. The van der Waals surface area contributed by atoms with Crippen LogP contribution in [0.25, 0.3) is 0 Å². The van der Waals surface area contributed by atoms with Crippen LogP contribution in [-0.4, -0.2) is 17.4 Å². The average Bonchev–Trinajstić information content (AvgIpc) is 3.12. The molecule has 0 aromatic heterocycles. The maximum absolute atomic E-state index is 10.9. The third kappa shape index (κ3) is 2.88. The molecule has 0 radical (unpaired) electrons. The molecule has 1 saturated carbocycles. The van der Waals surface area contributed by atoms with Gasteiger partial charge in [0.1, 0.15) is 5.75 Å². The van der Waals surface area contributed by atoms with Crippen molar-refractivity contribution in [1.29, 1.82) is 0 Å². The number of ether oxygens (including phenoxy) is 1. The van der Waals surface area contributed by atoms with Crippen LogP contribution in [-0.2, 0) is 6.42 Å². The molecule has 4 nitrogen and oxygen atoms in total. The van der Waals surface area contributed by atoms with Gasteiger partial charge in [-0.15, -0.1) is 11.6 Å². The number of methoxy groups -OCH3 is 1. The quantitative estimate of drug-likeness (QED) is 0.461. The molecule has 92 valence electrons. The first-order valence-corrected chi connectivity index (χ1v) is 6.01. The van der Waals surface area contributed by atoms with Gasteiger partial charge < -0.3 is 4.74 Å². The van der Waals surface area contributed by atoms with Gasteiger partial charge in [0.25, 0.3) is 5.69 Å². The number of halogens is 1. The molecular formula is C12H14ClNO3. The van der Waals surface area contributed by atoms with Gasteiger partial charge in [0, 0.05) is 17.0 Å². The molecule has 1 unspecified atom stereocenters. The van der Waals surface area contributed by atoms with E-state index in [1.807, 2.05) is 0 Å². The van der Waals surface area contributed by atoms with Crippen LogP contribution in [0.5, 0.6) is 5.75 Å². The van der Waals surface area contributed by atoms with E-state index in [9.17, 15) is 10.1 Å². The molecular weight excluding hydrogens is 242 g/mol. The zero-order chi connectivity index (χ0) is 12.4. The zero-order valence-corrected chi connectivity index (χ0v) is 10.3. The van der Waals surface area contributed by atoms with Crippen LogP contribution in [0.4, 0.5) is 5.69 Å². The predicted octanol–water partition coefficient (Wildman–Crippen LogP) is 3.16. The lowest BCUT2D eigenvalue weighted by atomic mass is 10.0. The number of benzene rings is 1.